The highest BCUT2D eigenvalue weighted by atomic mass is 19.4. The molecular weight excluding hydrogens is 1860 g/mol. The van der Waals surface area contributed by atoms with Crippen LogP contribution in [0, 0.1) is 109 Å². The van der Waals surface area contributed by atoms with Gasteiger partial charge in [-0.3, -0.25) is 0 Å². The summed E-state index contributed by atoms with van der Waals surface area (Å²) in [7, 11) is 0. The molecule has 0 saturated heterocycles. The van der Waals surface area contributed by atoms with E-state index in [9.17, 15) is 52.7 Å². The van der Waals surface area contributed by atoms with Crippen LogP contribution in [0.15, 0.2) is 219 Å². The van der Waals surface area contributed by atoms with E-state index in [2.05, 4.69) is 87.5 Å². The summed E-state index contributed by atoms with van der Waals surface area (Å²) in [4.78, 5) is 41.7. The molecule has 20 aromatic rings. The summed E-state index contributed by atoms with van der Waals surface area (Å²) in [6, 6.07) is 54.4. The molecule has 0 fully saturated rings. The highest BCUT2D eigenvalue weighted by molar-refractivity contribution is 5.96. The molecular formula is C96H64F12N34. The van der Waals surface area contributed by atoms with Gasteiger partial charge in [0.1, 0.15) is 70.6 Å². The lowest BCUT2D eigenvalue weighted by atomic mass is 10.1. The van der Waals surface area contributed by atoms with Crippen molar-refractivity contribution in [2.75, 3.05) is 51.6 Å². The number of alkyl halides is 3. The first-order chi connectivity index (χ1) is 68.2. The maximum absolute atomic E-state index is 14.7. The van der Waals surface area contributed by atoms with Gasteiger partial charge in [0, 0.05) is 72.8 Å². The van der Waals surface area contributed by atoms with Gasteiger partial charge in [0.05, 0.1) is 165 Å². The lowest BCUT2D eigenvalue weighted by Crippen LogP contribution is -2.11. The smallest absolute Gasteiger partial charge is 0.399 e. The number of benzene rings is 10. The Hall–Kier alpha value is -20.2. The number of aromatic nitrogens is 20. The van der Waals surface area contributed by atoms with E-state index in [0.29, 0.717) is 94.5 Å². The zero-order valence-electron chi connectivity index (χ0n) is 72.7. The van der Waals surface area contributed by atoms with E-state index in [4.69, 9.17) is 77.9 Å². The Bertz CT molecular complexity index is 8590. The fraction of sp³-hybridized carbons (Fsp3) is 0.0625. The third-order valence-electron chi connectivity index (χ3n) is 21.6. The van der Waals surface area contributed by atoms with Gasteiger partial charge in [0.25, 0.3) is 0 Å². The predicted octanol–water partition coefficient (Wildman–Crippen LogP) is 15.6. The molecule has 46 heteroatoms. The van der Waals surface area contributed by atoms with Gasteiger partial charge < -0.3 is 51.6 Å². The molecule has 10 heterocycles. The minimum Gasteiger partial charge on any atom is -0.399 e. The zero-order valence-corrected chi connectivity index (χ0v) is 72.7. The van der Waals surface area contributed by atoms with E-state index in [1.165, 1.54) is 122 Å². The molecule has 34 nitrogen and oxygen atoms in total. The first-order valence-electron chi connectivity index (χ1n) is 41.4. The Morgan fingerprint density at radius 1 is 0.282 bits per heavy atom. The van der Waals surface area contributed by atoms with Crippen LogP contribution in [-0.2, 0) is 38.9 Å². The standard InChI is InChI=1S/C20H13F4N7.C19H11F3N6.2C19H13F2N7.C19H14FN7/c21-16-11(7-25)2-1-3-12(16)17-13-8-28-31(18(13)30-19(27)29-17)9-10-4-5-15(26)14(6-10)20(22,23)24;20-14-5-2-6-15(21)13(14)9-28-18-12(8-25-28)17(26-19(24)27-18)11-4-1-3-10(7-23)16(11)22;20-15-5-12(23)6-16(21)14(15)9-28-18-13(8-25-28)17(26-19(24)27-18)11-3-1-2-10(4-11)7-22;20-15-6-12(23)5-4-11(15)9-28-18-14(8-25-28)17(26-19(24)27-18)13-3-1-2-10(7-22)16(13)21;20-16-7-14(22)5-4-13(16)10-27-18-15(9-24-27)17(25-19(23)26-18)12-3-1-2-11(6-12)8-21/h1-6,8H,9,26H2,(H2,27,29,30);1-6,8H,9H2,(H2,24,26,27);2*1-6,8H,9,23H2,(H2,24,26,27);1-7,9H,10,22H2,(H2,23,25,26). The van der Waals surface area contributed by atoms with Crippen molar-refractivity contribution in [3.8, 4) is 86.6 Å². The molecule has 0 radical (unpaired) electrons. The van der Waals surface area contributed by atoms with Gasteiger partial charge >= 0.3 is 6.18 Å². The van der Waals surface area contributed by atoms with Crippen molar-refractivity contribution in [3.05, 3.63) is 333 Å². The van der Waals surface area contributed by atoms with E-state index in [1.54, 1.807) is 102 Å². The number of nitriles is 5. The molecule has 702 valence electrons. The molecule has 0 spiro atoms. The average Bonchev–Trinajstić information content (AvgIpc) is 1.62. The van der Waals surface area contributed by atoms with E-state index < -0.39 is 64.1 Å². The second kappa shape index (κ2) is 39.7. The first-order valence-corrected chi connectivity index (χ1v) is 41.4. The van der Waals surface area contributed by atoms with Crippen LogP contribution >= 0.6 is 0 Å². The summed E-state index contributed by atoms with van der Waals surface area (Å²) >= 11 is 0. The van der Waals surface area contributed by atoms with Crippen LogP contribution in [-0.4, -0.2) is 98.7 Å². The van der Waals surface area contributed by atoms with E-state index in [-0.39, 0.29) is 152 Å². The number of hydrogen-bond acceptors (Lipinski definition) is 29. The Kier molecular flexibility index (Phi) is 26.6. The Balaban J connectivity index is 0.000000128. The fourth-order valence-corrected chi connectivity index (χ4v) is 15.0. The Morgan fingerprint density at radius 2 is 0.592 bits per heavy atom. The van der Waals surface area contributed by atoms with Crippen LogP contribution in [0.1, 0.15) is 61.2 Å². The lowest BCUT2D eigenvalue weighted by molar-refractivity contribution is -0.137. The van der Waals surface area contributed by atoms with Gasteiger partial charge in [-0.25, -0.2) is 87.8 Å². The van der Waals surface area contributed by atoms with Crippen molar-refractivity contribution in [3.63, 3.8) is 0 Å². The summed E-state index contributed by atoms with van der Waals surface area (Å²) in [5.41, 5.74) is 56.3. The van der Waals surface area contributed by atoms with Crippen LogP contribution in [0.2, 0.25) is 0 Å². The minimum atomic E-state index is -4.60. The number of hydrogen-bond donors (Lipinski definition) is 9. The predicted molar refractivity (Wildman–Crippen MR) is 499 cm³/mol. The van der Waals surface area contributed by atoms with E-state index in [0.717, 1.165) is 35.9 Å². The van der Waals surface area contributed by atoms with Gasteiger partial charge in [0.15, 0.2) is 28.2 Å². The summed E-state index contributed by atoms with van der Waals surface area (Å²) in [5.74, 6) is -6.51. The molecule has 0 aliphatic carbocycles. The number of nitrogens with two attached hydrogens (primary N) is 9. The van der Waals surface area contributed by atoms with E-state index >= 15 is 0 Å². The number of rotatable bonds is 15. The molecule has 0 amide bonds. The fourth-order valence-electron chi connectivity index (χ4n) is 15.0. The van der Waals surface area contributed by atoms with Crippen molar-refractivity contribution >= 4 is 108 Å². The van der Waals surface area contributed by atoms with Crippen molar-refractivity contribution in [1.82, 2.24) is 98.7 Å². The number of halogens is 12. The van der Waals surface area contributed by atoms with Gasteiger partial charge in [-0.15, -0.1) is 0 Å². The molecule has 0 saturated carbocycles. The average molecular weight is 1920 g/mol. The first kappa shape index (κ1) is 94.9. The molecule has 18 N–H and O–H groups in total. The minimum absolute atomic E-state index is 0.00435. The molecule has 142 heavy (non-hydrogen) atoms. The second-order valence-electron chi connectivity index (χ2n) is 30.9. The monoisotopic (exact) mass is 1920 g/mol. The third kappa shape index (κ3) is 19.8. The van der Waals surface area contributed by atoms with Crippen molar-refractivity contribution in [1.29, 1.82) is 26.3 Å². The molecule has 0 unspecified atom stereocenters. The number of anilines is 9. The summed E-state index contributed by atoms with van der Waals surface area (Å²) < 4.78 is 175. The maximum atomic E-state index is 14.7. The molecule has 0 aliphatic heterocycles. The second-order valence-corrected chi connectivity index (χ2v) is 30.9. The van der Waals surface area contributed by atoms with Crippen molar-refractivity contribution in [2.45, 2.75) is 38.9 Å². The van der Waals surface area contributed by atoms with Gasteiger partial charge in [-0.05, 0) is 127 Å². The van der Waals surface area contributed by atoms with Crippen LogP contribution in [0.5, 0.6) is 0 Å². The summed E-state index contributed by atoms with van der Waals surface area (Å²) in [5, 5.41) is 68.7. The molecule has 20 rings (SSSR count). The number of fused-ring (bicyclic) bond motifs is 5. The van der Waals surface area contributed by atoms with Crippen LogP contribution < -0.4 is 51.6 Å². The highest BCUT2D eigenvalue weighted by Gasteiger charge is 2.34. The summed E-state index contributed by atoms with van der Waals surface area (Å²) in [6.45, 7) is -0.256. The SMILES string of the molecule is N#Cc1cccc(-c2nc(N)nc3c2cnn3Cc2c(F)cc(N)cc2F)c1.N#Cc1cccc(-c2nc(N)nc3c2cnn3Cc2c(F)cccc2F)c1F.N#Cc1cccc(-c2nc(N)nc3c2cnn3Cc2ccc(N)c(C(F)(F)F)c2)c1F.N#Cc1cccc(-c2nc(N)nc3c2cnn3Cc2ccc(N)cc2F)c1.N#Cc1cccc(-c2nc(N)nc3c2cnn3Cc2ccc(N)cc2F)c1F. The number of nitrogens with zero attached hydrogens (tertiary/aromatic N) is 25. The van der Waals surface area contributed by atoms with Crippen LogP contribution in [0.25, 0.3) is 111 Å². The lowest BCUT2D eigenvalue weighted by Gasteiger charge is -2.12. The largest absolute Gasteiger partial charge is 0.418 e. The Labute approximate surface area is 791 Å². The van der Waals surface area contributed by atoms with Crippen molar-refractivity contribution < 1.29 is 52.7 Å². The summed E-state index contributed by atoms with van der Waals surface area (Å²) in [6.07, 6.45) is 2.69. The molecule has 0 bridgehead atoms. The Morgan fingerprint density at radius 3 is 0.930 bits per heavy atom. The normalized spacial score (nSPS) is 11.0. The number of nitrogen functional groups attached to an aromatic ring is 9. The molecule has 0 aliphatic rings. The molecule has 0 atom stereocenters. The highest BCUT2D eigenvalue weighted by Crippen LogP contribution is 2.39. The third-order valence-corrected chi connectivity index (χ3v) is 21.6. The van der Waals surface area contributed by atoms with Gasteiger partial charge in [0.2, 0.25) is 29.7 Å². The van der Waals surface area contributed by atoms with Crippen LogP contribution in [0.3, 0.4) is 0 Å². The van der Waals surface area contributed by atoms with Crippen molar-refractivity contribution in [2.24, 2.45) is 0 Å². The van der Waals surface area contributed by atoms with Gasteiger partial charge in [-0.1, -0.05) is 66.7 Å². The molecule has 10 aromatic heterocycles. The van der Waals surface area contributed by atoms with Crippen LogP contribution in [0.4, 0.5) is 105 Å². The quantitative estimate of drug-likeness (QED) is 0.0340. The van der Waals surface area contributed by atoms with E-state index in [1.807, 2.05) is 6.07 Å². The van der Waals surface area contributed by atoms with Gasteiger partial charge in [-0.2, -0.15) is 89.9 Å². The molecule has 10 aromatic carbocycles. The zero-order chi connectivity index (χ0) is 101. The topological polar surface area (TPSA) is 571 Å². The maximum Gasteiger partial charge on any atom is 0.418 e.